The lowest BCUT2D eigenvalue weighted by molar-refractivity contribution is -0.121. The lowest BCUT2D eigenvalue weighted by Crippen LogP contribution is -2.47. The number of rotatable bonds is 5. The summed E-state index contributed by atoms with van der Waals surface area (Å²) in [5.74, 6) is 0.407. The Labute approximate surface area is 167 Å². The molecule has 7 nitrogen and oxygen atoms in total. The highest BCUT2D eigenvalue weighted by Crippen LogP contribution is 2.26. The first-order valence-corrected chi connectivity index (χ1v) is 10.6. The van der Waals surface area contributed by atoms with Gasteiger partial charge in [0.2, 0.25) is 11.0 Å². The average molecular weight is 406 g/mol. The summed E-state index contributed by atoms with van der Waals surface area (Å²) < 4.78 is 0. The van der Waals surface area contributed by atoms with Crippen LogP contribution in [-0.4, -0.2) is 59.1 Å². The van der Waals surface area contributed by atoms with Crippen LogP contribution in [-0.2, 0) is 10.5 Å². The highest BCUT2D eigenvalue weighted by atomic mass is 32.2. The smallest absolute Gasteiger partial charge is 0.319 e. The van der Waals surface area contributed by atoms with E-state index in [1.807, 2.05) is 18.2 Å². The Balaban J connectivity index is 1.52. The number of carbonyl (C=O) groups excluding carboxylic acids is 2. The quantitative estimate of drug-likeness (QED) is 0.773. The number of hydrogen-bond acceptors (Lipinski definition) is 6. The molecule has 0 bridgehead atoms. The molecule has 1 fully saturated rings. The standard InChI is InChI=1S/C18H23N5O2S2/c1-22(2)18(25)23-10-6-7-13(11-23)16(24)19-17-21-20-15(27-17)12-26-14-8-4-3-5-9-14/h3-5,8-9,13H,6-7,10-12H2,1-2H3,(H,19,21,24)/t13-/m0/s1. The molecule has 27 heavy (non-hydrogen) atoms. The predicted molar refractivity (Wildman–Crippen MR) is 108 cm³/mol. The number of thioether (sulfide) groups is 1. The van der Waals surface area contributed by atoms with Crippen LogP contribution in [0.25, 0.3) is 0 Å². The molecule has 0 saturated carbocycles. The molecule has 1 aliphatic rings. The van der Waals surface area contributed by atoms with Crippen molar-refractivity contribution in [2.24, 2.45) is 5.92 Å². The number of nitrogens with zero attached hydrogens (tertiary/aromatic N) is 4. The Morgan fingerprint density at radius 1 is 1.30 bits per heavy atom. The number of aromatic nitrogens is 2. The van der Waals surface area contributed by atoms with E-state index in [4.69, 9.17) is 0 Å². The summed E-state index contributed by atoms with van der Waals surface area (Å²) in [7, 11) is 3.45. The van der Waals surface area contributed by atoms with E-state index in [1.54, 1.807) is 35.7 Å². The van der Waals surface area contributed by atoms with Crippen molar-refractivity contribution in [1.29, 1.82) is 0 Å². The average Bonchev–Trinajstić information content (AvgIpc) is 3.14. The maximum atomic E-state index is 12.6. The topological polar surface area (TPSA) is 78.4 Å². The third kappa shape index (κ3) is 5.43. The molecule has 0 aliphatic carbocycles. The number of carbonyl (C=O) groups is 2. The van der Waals surface area contributed by atoms with Gasteiger partial charge in [0.15, 0.2) is 0 Å². The SMILES string of the molecule is CN(C)C(=O)N1CCC[C@H](C(=O)Nc2nnc(CSc3ccccc3)s2)C1. The molecule has 0 radical (unpaired) electrons. The van der Waals surface area contributed by atoms with E-state index in [0.717, 1.165) is 17.8 Å². The number of likely N-dealkylation sites (tertiary alicyclic amines) is 1. The van der Waals surface area contributed by atoms with Crippen LogP contribution < -0.4 is 5.32 Å². The van der Waals surface area contributed by atoms with Gasteiger partial charge in [-0.25, -0.2) is 4.79 Å². The lowest BCUT2D eigenvalue weighted by atomic mass is 9.97. The Kier molecular flexibility index (Phi) is 6.68. The number of hydrogen-bond donors (Lipinski definition) is 1. The Bertz CT molecular complexity index is 781. The van der Waals surface area contributed by atoms with Gasteiger partial charge in [-0.15, -0.1) is 22.0 Å². The van der Waals surface area contributed by atoms with Gasteiger partial charge >= 0.3 is 6.03 Å². The number of anilines is 1. The third-order valence-corrected chi connectivity index (χ3v) is 6.29. The van der Waals surface area contributed by atoms with Gasteiger partial charge in [-0.2, -0.15) is 0 Å². The molecule has 3 amide bonds. The number of piperidine rings is 1. The van der Waals surface area contributed by atoms with E-state index in [0.29, 0.717) is 24.0 Å². The Morgan fingerprint density at radius 2 is 2.07 bits per heavy atom. The molecule has 3 rings (SSSR count). The van der Waals surface area contributed by atoms with E-state index < -0.39 is 0 Å². The number of amides is 3. The van der Waals surface area contributed by atoms with Crippen LogP contribution in [0.15, 0.2) is 35.2 Å². The summed E-state index contributed by atoms with van der Waals surface area (Å²) in [6, 6.07) is 10.0. The molecule has 1 atom stereocenters. The summed E-state index contributed by atoms with van der Waals surface area (Å²) in [5.41, 5.74) is 0. The van der Waals surface area contributed by atoms with Crippen LogP contribution in [0, 0.1) is 5.92 Å². The van der Waals surface area contributed by atoms with Crippen molar-refractivity contribution in [1.82, 2.24) is 20.0 Å². The molecule has 144 valence electrons. The first kappa shape index (κ1) is 19.6. The molecule has 1 aromatic heterocycles. The van der Waals surface area contributed by atoms with Crippen molar-refractivity contribution in [3.63, 3.8) is 0 Å². The summed E-state index contributed by atoms with van der Waals surface area (Å²) in [5, 5.41) is 12.5. The Morgan fingerprint density at radius 3 is 2.81 bits per heavy atom. The van der Waals surface area contributed by atoms with Gasteiger partial charge in [0.05, 0.1) is 11.7 Å². The van der Waals surface area contributed by atoms with E-state index in [2.05, 4.69) is 27.6 Å². The van der Waals surface area contributed by atoms with Crippen molar-refractivity contribution < 1.29 is 9.59 Å². The van der Waals surface area contributed by atoms with E-state index in [-0.39, 0.29) is 17.9 Å². The number of benzene rings is 1. The number of urea groups is 1. The van der Waals surface area contributed by atoms with Gasteiger partial charge in [-0.3, -0.25) is 4.79 Å². The summed E-state index contributed by atoms with van der Waals surface area (Å²) >= 11 is 3.08. The predicted octanol–water partition coefficient (Wildman–Crippen LogP) is 3.16. The van der Waals surface area contributed by atoms with Crippen LogP contribution in [0.2, 0.25) is 0 Å². The van der Waals surface area contributed by atoms with E-state index in [1.165, 1.54) is 16.2 Å². The first-order chi connectivity index (χ1) is 13.0. The highest BCUT2D eigenvalue weighted by Gasteiger charge is 2.29. The maximum Gasteiger partial charge on any atom is 0.319 e. The van der Waals surface area contributed by atoms with Crippen LogP contribution >= 0.6 is 23.1 Å². The molecule has 9 heteroatoms. The molecule has 1 aliphatic heterocycles. The molecule has 0 unspecified atom stereocenters. The van der Waals surface area contributed by atoms with Crippen molar-refractivity contribution >= 4 is 40.2 Å². The van der Waals surface area contributed by atoms with Crippen LogP contribution in [0.1, 0.15) is 17.8 Å². The monoisotopic (exact) mass is 405 g/mol. The van der Waals surface area contributed by atoms with Crippen molar-refractivity contribution in [3.05, 3.63) is 35.3 Å². The highest BCUT2D eigenvalue weighted by molar-refractivity contribution is 7.98. The second-order valence-corrected chi connectivity index (χ2v) is 8.66. The fraction of sp³-hybridized carbons (Fsp3) is 0.444. The molecule has 0 spiro atoms. The minimum atomic E-state index is -0.214. The zero-order valence-corrected chi connectivity index (χ0v) is 17.1. The normalized spacial score (nSPS) is 16.8. The van der Waals surface area contributed by atoms with Crippen LogP contribution in [0.3, 0.4) is 0 Å². The van der Waals surface area contributed by atoms with Crippen molar-refractivity contribution in [3.8, 4) is 0 Å². The minimum absolute atomic E-state index is 0.0522. The summed E-state index contributed by atoms with van der Waals surface area (Å²) in [6.45, 7) is 1.14. The summed E-state index contributed by atoms with van der Waals surface area (Å²) in [4.78, 5) is 29.1. The minimum Gasteiger partial charge on any atom is -0.331 e. The largest absolute Gasteiger partial charge is 0.331 e. The molecule has 1 N–H and O–H groups in total. The Hall–Kier alpha value is -2.13. The lowest BCUT2D eigenvalue weighted by Gasteiger charge is -2.33. The van der Waals surface area contributed by atoms with E-state index >= 15 is 0 Å². The van der Waals surface area contributed by atoms with E-state index in [9.17, 15) is 9.59 Å². The molecule has 2 aromatic rings. The molecule has 2 heterocycles. The third-order valence-electron chi connectivity index (χ3n) is 4.25. The van der Waals surface area contributed by atoms with Crippen LogP contribution in [0.4, 0.5) is 9.93 Å². The van der Waals surface area contributed by atoms with Crippen LogP contribution in [0.5, 0.6) is 0 Å². The molecular weight excluding hydrogens is 382 g/mol. The molecular formula is C18H23N5O2S2. The van der Waals surface area contributed by atoms with Crippen molar-refractivity contribution in [2.75, 3.05) is 32.5 Å². The maximum absolute atomic E-state index is 12.6. The fourth-order valence-electron chi connectivity index (χ4n) is 2.88. The van der Waals surface area contributed by atoms with Gasteiger partial charge in [-0.05, 0) is 25.0 Å². The van der Waals surface area contributed by atoms with Gasteiger partial charge in [-0.1, -0.05) is 29.5 Å². The summed E-state index contributed by atoms with van der Waals surface area (Å²) in [6.07, 6.45) is 1.60. The second kappa shape index (κ2) is 9.18. The second-order valence-electron chi connectivity index (χ2n) is 6.55. The van der Waals surface area contributed by atoms with Gasteiger partial charge in [0.25, 0.3) is 0 Å². The fourth-order valence-corrected chi connectivity index (χ4v) is 4.53. The zero-order chi connectivity index (χ0) is 19.2. The van der Waals surface area contributed by atoms with Crippen molar-refractivity contribution in [2.45, 2.75) is 23.5 Å². The van der Waals surface area contributed by atoms with Gasteiger partial charge in [0, 0.05) is 32.1 Å². The first-order valence-electron chi connectivity index (χ1n) is 8.80. The van der Waals surface area contributed by atoms with Gasteiger partial charge in [0.1, 0.15) is 5.01 Å². The zero-order valence-electron chi connectivity index (χ0n) is 15.4. The molecule has 1 aromatic carbocycles. The number of nitrogens with one attached hydrogen (secondary N) is 1. The molecule has 1 saturated heterocycles. The van der Waals surface area contributed by atoms with Gasteiger partial charge < -0.3 is 15.1 Å².